The second-order valence-corrected chi connectivity index (χ2v) is 6.58. The van der Waals surface area contributed by atoms with Gasteiger partial charge in [-0.1, -0.05) is 13.8 Å². The predicted molar refractivity (Wildman–Crippen MR) is 84.6 cm³/mol. The molecule has 8 nitrogen and oxygen atoms in total. The van der Waals surface area contributed by atoms with Crippen LogP contribution in [0.2, 0.25) is 0 Å². The number of Topliss-reactive ketones (excluding diaryl/α,β-unsaturated/α-hetero) is 2. The minimum absolute atomic E-state index is 0.00154. The van der Waals surface area contributed by atoms with E-state index in [4.69, 9.17) is 9.84 Å². The first-order chi connectivity index (χ1) is 11.8. The van der Waals surface area contributed by atoms with Crippen LogP contribution in [0.3, 0.4) is 0 Å². The molecule has 2 aliphatic heterocycles. The Hall–Kier alpha value is -1.97. The van der Waals surface area contributed by atoms with Crippen molar-refractivity contribution in [2.45, 2.75) is 51.3 Å². The van der Waals surface area contributed by atoms with Crippen LogP contribution in [0.5, 0.6) is 0 Å². The molecule has 9 heteroatoms. The molecule has 2 N–H and O–H groups in total. The van der Waals surface area contributed by atoms with Gasteiger partial charge in [-0.2, -0.15) is 0 Å². The van der Waals surface area contributed by atoms with E-state index in [1.807, 2.05) is 0 Å². The molecule has 1 aromatic rings. The number of hydrogen-bond acceptors (Lipinski definition) is 7. The third-order valence-corrected chi connectivity index (χ3v) is 4.42. The fourth-order valence-corrected chi connectivity index (χ4v) is 2.90. The lowest BCUT2D eigenvalue weighted by atomic mass is 9.98. The van der Waals surface area contributed by atoms with Crippen molar-refractivity contribution in [3.05, 3.63) is 12.0 Å². The Bertz CT molecular complexity index is 729. The molecule has 2 aliphatic rings. The maximum absolute atomic E-state index is 14.0. The fourth-order valence-electron chi connectivity index (χ4n) is 2.90. The molecule has 0 spiro atoms. The van der Waals surface area contributed by atoms with Gasteiger partial charge in [-0.25, -0.2) is 14.4 Å². The van der Waals surface area contributed by atoms with Crippen LogP contribution in [0.15, 0.2) is 11.3 Å². The number of nitrogens with zero attached hydrogens (tertiary/aromatic N) is 3. The number of alkyl halides is 1. The standard InChI is InChI=1S/C16H20FN3O5/c1-7(2)9(22)3-8-4-10(23)13-15(19-8)20(6-18-13)16-14(24)12(17)11(5-21)25-16/h6-7,11-12,14,16,21,24H,3-5H2,1-2H3/t11-,12-,14-,16?/m1/s1. The highest BCUT2D eigenvalue weighted by Gasteiger charge is 2.46. The number of carbonyl (C=O) groups excluding carboxylic acids is 2. The van der Waals surface area contributed by atoms with Crippen molar-refractivity contribution >= 4 is 23.1 Å². The van der Waals surface area contributed by atoms with E-state index in [2.05, 4.69) is 9.98 Å². The van der Waals surface area contributed by atoms with Gasteiger partial charge in [-0.3, -0.25) is 14.2 Å². The van der Waals surface area contributed by atoms with Crippen LogP contribution in [0.1, 0.15) is 43.4 Å². The van der Waals surface area contributed by atoms with E-state index in [0.29, 0.717) is 5.71 Å². The van der Waals surface area contributed by atoms with Crippen molar-refractivity contribution in [2.75, 3.05) is 6.61 Å². The van der Waals surface area contributed by atoms with E-state index in [1.54, 1.807) is 13.8 Å². The molecule has 1 aromatic heterocycles. The number of carbonyl (C=O) groups is 2. The summed E-state index contributed by atoms with van der Waals surface area (Å²) in [4.78, 5) is 32.5. The van der Waals surface area contributed by atoms with Crippen molar-refractivity contribution in [1.82, 2.24) is 9.55 Å². The Labute approximate surface area is 143 Å². The summed E-state index contributed by atoms with van der Waals surface area (Å²) in [7, 11) is 0. The molecule has 1 fully saturated rings. The number of aliphatic imine (C=N–C) groups is 1. The highest BCUT2D eigenvalue weighted by molar-refractivity contribution is 6.18. The predicted octanol–water partition coefficient (Wildman–Crippen LogP) is 0.746. The minimum atomic E-state index is -1.77. The number of halogens is 1. The monoisotopic (exact) mass is 353 g/mol. The van der Waals surface area contributed by atoms with Gasteiger partial charge in [0.1, 0.15) is 18.0 Å². The molecule has 0 aromatic carbocycles. The van der Waals surface area contributed by atoms with Gasteiger partial charge in [-0.15, -0.1) is 0 Å². The summed E-state index contributed by atoms with van der Waals surface area (Å²) in [6.45, 7) is 2.95. The third kappa shape index (κ3) is 3.14. The van der Waals surface area contributed by atoms with Crippen molar-refractivity contribution in [3.8, 4) is 0 Å². The van der Waals surface area contributed by atoms with E-state index < -0.39 is 31.2 Å². The number of aromatic nitrogens is 2. The Morgan fingerprint density at radius 2 is 2.24 bits per heavy atom. The van der Waals surface area contributed by atoms with Crippen LogP contribution in [0.25, 0.3) is 0 Å². The van der Waals surface area contributed by atoms with Gasteiger partial charge in [0.2, 0.25) is 0 Å². The minimum Gasteiger partial charge on any atom is -0.394 e. The van der Waals surface area contributed by atoms with Gasteiger partial charge in [0, 0.05) is 18.1 Å². The third-order valence-electron chi connectivity index (χ3n) is 4.42. The molecule has 4 atom stereocenters. The number of rotatable bonds is 5. The molecule has 3 rings (SSSR count). The van der Waals surface area contributed by atoms with E-state index in [1.165, 1.54) is 10.9 Å². The van der Waals surface area contributed by atoms with Crippen LogP contribution in [0, 0.1) is 5.92 Å². The van der Waals surface area contributed by atoms with E-state index in [0.717, 1.165) is 0 Å². The summed E-state index contributed by atoms with van der Waals surface area (Å²) in [6.07, 6.45) is -4.31. The average molecular weight is 353 g/mol. The molecular formula is C16H20FN3O5. The summed E-state index contributed by atoms with van der Waals surface area (Å²) in [5.41, 5.74) is 0.500. The second-order valence-electron chi connectivity index (χ2n) is 6.58. The molecule has 25 heavy (non-hydrogen) atoms. The van der Waals surface area contributed by atoms with Crippen LogP contribution in [-0.2, 0) is 9.53 Å². The van der Waals surface area contributed by atoms with Gasteiger partial charge >= 0.3 is 0 Å². The molecular weight excluding hydrogens is 333 g/mol. The fraction of sp³-hybridized carbons (Fsp3) is 0.625. The molecule has 0 aliphatic carbocycles. The maximum Gasteiger partial charge on any atom is 0.190 e. The summed E-state index contributed by atoms with van der Waals surface area (Å²) in [5, 5.41) is 19.2. The number of aliphatic hydroxyl groups excluding tert-OH is 2. The Morgan fingerprint density at radius 1 is 1.52 bits per heavy atom. The van der Waals surface area contributed by atoms with E-state index in [9.17, 15) is 19.1 Å². The summed E-state index contributed by atoms with van der Waals surface area (Å²) < 4.78 is 20.6. The highest BCUT2D eigenvalue weighted by atomic mass is 19.1. The summed E-state index contributed by atoms with van der Waals surface area (Å²) >= 11 is 0. The number of fused-ring (bicyclic) bond motifs is 1. The maximum atomic E-state index is 14.0. The summed E-state index contributed by atoms with van der Waals surface area (Å²) in [6, 6.07) is 0. The highest BCUT2D eigenvalue weighted by Crippen LogP contribution is 2.36. The first kappa shape index (κ1) is 17.8. The number of aliphatic hydroxyl groups is 2. The molecule has 0 bridgehead atoms. The molecule has 1 unspecified atom stereocenters. The van der Waals surface area contributed by atoms with E-state index >= 15 is 0 Å². The lowest BCUT2D eigenvalue weighted by molar-refractivity contribution is -0.120. The normalized spacial score (nSPS) is 29.0. The zero-order chi connectivity index (χ0) is 18.3. The largest absolute Gasteiger partial charge is 0.394 e. The Balaban J connectivity index is 1.93. The van der Waals surface area contributed by atoms with Crippen LogP contribution in [-0.4, -0.2) is 62.0 Å². The van der Waals surface area contributed by atoms with Crippen molar-refractivity contribution in [3.63, 3.8) is 0 Å². The molecule has 1 saturated heterocycles. The number of hydrogen-bond donors (Lipinski definition) is 2. The topological polar surface area (TPSA) is 114 Å². The quantitative estimate of drug-likeness (QED) is 0.807. The smallest absolute Gasteiger partial charge is 0.190 e. The van der Waals surface area contributed by atoms with Crippen molar-refractivity contribution < 1.29 is 28.9 Å². The average Bonchev–Trinajstić information content (AvgIpc) is 3.10. The second kappa shape index (κ2) is 6.74. The number of imidazole rings is 1. The Morgan fingerprint density at radius 3 is 2.84 bits per heavy atom. The molecule has 0 radical (unpaired) electrons. The van der Waals surface area contributed by atoms with Gasteiger partial charge in [-0.05, 0) is 0 Å². The lowest BCUT2D eigenvalue weighted by Gasteiger charge is -2.19. The molecule has 3 heterocycles. The van der Waals surface area contributed by atoms with Gasteiger partial charge in [0.05, 0.1) is 19.4 Å². The molecule has 0 saturated carbocycles. The lowest BCUT2D eigenvalue weighted by Crippen LogP contribution is -2.29. The zero-order valence-corrected chi connectivity index (χ0v) is 13.9. The molecule has 136 valence electrons. The Kier molecular flexibility index (Phi) is 4.81. The zero-order valence-electron chi connectivity index (χ0n) is 13.9. The first-order valence-corrected chi connectivity index (χ1v) is 8.11. The van der Waals surface area contributed by atoms with Gasteiger partial charge in [0.15, 0.2) is 29.7 Å². The van der Waals surface area contributed by atoms with Crippen molar-refractivity contribution in [1.29, 1.82) is 0 Å². The van der Waals surface area contributed by atoms with Crippen LogP contribution in [0.4, 0.5) is 10.2 Å². The van der Waals surface area contributed by atoms with Crippen molar-refractivity contribution in [2.24, 2.45) is 10.9 Å². The first-order valence-electron chi connectivity index (χ1n) is 8.11. The number of ketones is 2. The van der Waals surface area contributed by atoms with Crippen LogP contribution < -0.4 is 0 Å². The molecule has 0 amide bonds. The van der Waals surface area contributed by atoms with Gasteiger partial charge < -0.3 is 14.9 Å². The van der Waals surface area contributed by atoms with E-state index in [-0.39, 0.29) is 41.8 Å². The van der Waals surface area contributed by atoms with Crippen LogP contribution >= 0.6 is 0 Å². The van der Waals surface area contributed by atoms with Gasteiger partial charge in [0.25, 0.3) is 0 Å². The number of ether oxygens (including phenoxy) is 1. The SMILES string of the molecule is CC(C)C(=O)CC1=Nc2c(ncn2C2O[C@H](CO)[C@@H](F)[C@H]2O)C(=O)C1. The summed E-state index contributed by atoms with van der Waals surface area (Å²) in [5.74, 6) is -0.375.